The van der Waals surface area contributed by atoms with Crippen LogP contribution in [0.3, 0.4) is 0 Å². The number of ether oxygens (including phenoxy) is 1. The summed E-state index contributed by atoms with van der Waals surface area (Å²) in [4.78, 5) is 16.7. The van der Waals surface area contributed by atoms with Crippen molar-refractivity contribution in [3.63, 3.8) is 0 Å². The summed E-state index contributed by atoms with van der Waals surface area (Å²) < 4.78 is 5.73. The van der Waals surface area contributed by atoms with E-state index in [1.165, 1.54) is 0 Å². The van der Waals surface area contributed by atoms with Gasteiger partial charge in [0.2, 0.25) is 0 Å². The molecule has 2 rings (SSSR count). The zero-order valence-electron chi connectivity index (χ0n) is 15.3. The number of nitrogens with zero attached hydrogens (tertiary/aromatic N) is 1. The van der Waals surface area contributed by atoms with Gasteiger partial charge in [0.15, 0.2) is 0 Å². The summed E-state index contributed by atoms with van der Waals surface area (Å²) in [5, 5.41) is 2.84. The Morgan fingerprint density at radius 3 is 2.85 bits per heavy atom. The van der Waals surface area contributed by atoms with Crippen molar-refractivity contribution in [3.05, 3.63) is 47.2 Å². The van der Waals surface area contributed by atoms with Crippen molar-refractivity contribution in [2.75, 3.05) is 17.7 Å². The van der Waals surface area contributed by atoms with Gasteiger partial charge >= 0.3 is 0 Å². The number of rotatable bonds is 8. The smallest absolute Gasteiger partial charge is 0.259 e. The quantitative estimate of drug-likeness (QED) is 0.554. The Hall–Kier alpha value is -3.00. The average Bonchev–Trinajstić information content (AvgIpc) is 2.61. The normalized spacial score (nSPS) is 10.2. The lowest BCUT2D eigenvalue weighted by molar-refractivity contribution is 0.102. The molecule has 26 heavy (non-hydrogen) atoms. The molecule has 3 N–H and O–H groups in total. The lowest BCUT2D eigenvalue weighted by Crippen LogP contribution is -2.16. The first-order chi connectivity index (χ1) is 12.5. The highest BCUT2D eigenvalue weighted by molar-refractivity contribution is 6.07. The van der Waals surface area contributed by atoms with Gasteiger partial charge in [0.1, 0.15) is 11.6 Å². The molecule has 0 aliphatic heterocycles. The van der Waals surface area contributed by atoms with Crippen molar-refractivity contribution in [2.45, 2.75) is 39.5 Å². The van der Waals surface area contributed by atoms with Crippen LogP contribution in [0.25, 0.3) is 0 Å². The number of nitrogen functional groups attached to an aromatic ring is 1. The molecule has 1 aromatic carbocycles. The fraction of sp³-hybridized carbons (Fsp3) is 0.333. The number of hydrogen-bond acceptors (Lipinski definition) is 4. The molecule has 0 spiro atoms. The van der Waals surface area contributed by atoms with Crippen molar-refractivity contribution in [1.29, 1.82) is 0 Å². The summed E-state index contributed by atoms with van der Waals surface area (Å²) in [5.74, 6) is 3.28. The first-order valence-corrected chi connectivity index (χ1v) is 8.72. The van der Waals surface area contributed by atoms with Crippen molar-refractivity contribution in [1.82, 2.24) is 4.98 Å². The fourth-order valence-electron chi connectivity index (χ4n) is 2.46. The number of nitrogens with one attached hydrogen (secondary N) is 1. The monoisotopic (exact) mass is 351 g/mol. The summed E-state index contributed by atoms with van der Waals surface area (Å²) in [7, 11) is 0. The highest BCUT2D eigenvalue weighted by atomic mass is 16.5. The molecule has 0 saturated heterocycles. The Balaban J connectivity index is 1.95. The number of nitrogens with two attached hydrogens (primary N) is 1. The van der Waals surface area contributed by atoms with Crippen molar-refractivity contribution in [3.8, 4) is 18.1 Å². The summed E-state index contributed by atoms with van der Waals surface area (Å²) >= 11 is 0. The second kappa shape index (κ2) is 9.47. The maximum Gasteiger partial charge on any atom is 0.259 e. The van der Waals surface area contributed by atoms with E-state index in [0.29, 0.717) is 23.6 Å². The SMILES string of the molecule is C#CCCCCCOc1cccc(NC(=O)c2cc(C)c(C)nc2N)c1. The molecule has 0 bridgehead atoms. The van der Waals surface area contributed by atoms with Crippen LogP contribution in [0.15, 0.2) is 30.3 Å². The molecule has 2 aromatic rings. The van der Waals surface area contributed by atoms with Crippen LogP contribution in [-0.2, 0) is 0 Å². The van der Waals surface area contributed by atoms with Gasteiger partial charge in [-0.15, -0.1) is 12.3 Å². The van der Waals surface area contributed by atoms with E-state index in [4.69, 9.17) is 16.9 Å². The lowest BCUT2D eigenvalue weighted by atomic mass is 10.1. The number of hydrogen-bond donors (Lipinski definition) is 2. The first-order valence-electron chi connectivity index (χ1n) is 8.72. The summed E-state index contributed by atoms with van der Waals surface area (Å²) in [5.41, 5.74) is 8.64. The fourth-order valence-corrected chi connectivity index (χ4v) is 2.46. The Labute approximate surface area is 155 Å². The second-order valence-electron chi connectivity index (χ2n) is 6.17. The number of pyridine rings is 1. The van der Waals surface area contributed by atoms with E-state index in [2.05, 4.69) is 16.2 Å². The molecular formula is C21H25N3O2. The molecule has 5 heteroatoms. The standard InChI is InChI=1S/C21H25N3O2/c1-4-5-6-7-8-12-26-18-11-9-10-17(14-18)24-21(25)19-13-15(2)16(3)23-20(19)22/h1,9-11,13-14H,5-8,12H2,2-3H3,(H2,22,23)(H,24,25). The number of carbonyl (C=O) groups is 1. The van der Waals surface area contributed by atoms with Crippen LogP contribution in [0.2, 0.25) is 0 Å². The minimum absolute atomic E-state index is 0.227. The molecule has 0 atom stereocenters. The van der Waals surface area contributed by atoms with Gasteiger partial charge in [-0.1, -0.05) is 6.07 Å². The minimum Gasteiger partial charge on any atom is -0.494 e. The molecular weight excluding hydrogens is 326 g/mol. The molecule has 136 valence electrons. The number of amides is 1. The number of aromatic nitrogens is 1. The van der Waals surface area contributed by atoms with Gasteiger partial charge in [-0.2, -0.15) is 0 Å². The van der Waals surface area contributed by atoms with Gasteiger partial charge in [-0.05, 0) is 56.9 Å². The summed E-state index contributed by atoms with van der Waals surface area (Å²) in [6.45, 7) is 4.38. The molecule has 1 aromatic heterocycles. The Morgan fingerprint density at radius 1 is 1.27 bits per heavy atom. The summed E-state index contributed by atoms with van der Waals surface area (Å²) in [6, 6.07) is 9.06. The Morgan fingerprint density at radius 2 is 2.08 bits per heavy atom. The van der Waals surface area contributed by atoms with Crippen LogP contribution in [0.1, 0.15) is 47.3 Å². The van der Waals surface area contributed by atoms with E-state index in [9.17, 15) is 4.79 Å². The molecule has 1 heterocycles. The van der Waals surface area contributed by atoms with Gasteiger partial charge < -0.3 is 15.8 Å². The Kier molecular flexibility index (Phi) is 7.04. The van der Waals surface area contributed by atoms with Gasteiger partial charge in [-0.3, -0.25) is 4.79 Å². The van der Waals surface area contributed by atoms with Crippen molar-refractivity contribution < 1.29 is 9.53 Å². The molecule has 0 aliphatic rings. The number of aryl methyl sites for hydroxylation is 2. The zero-order valence-corrected chi connectivity index (χ0v) is 15.3. The third kappa shape index (κ3) is 5.52. The van der Waals surface area contributed by atoms with E-state index in [1.807, 2.05) is 32.0 Å². The van der Waals surface area contributed by atoms with E-state index in [0.717, 1.165) is 36.9 Å². The van der Waals surface area contributed by atoms with Gasteiger partial charge in [0.25, 0.3) is 5.91 Å². The minimum atomic E-state index is -0.287. The highest BCUT2D eigenvalue weighted by Crippen LogP contribution is 2.20. The largest absolute Gasteiger partial charge is 0.494 e. The molecule has 0 fully saturated rings. The van der Waals surface area contributed by atoms with Crippen LogP contribution >= 0.6 is 0 Å². The predicted molar refractivity (Wildman–Crippen MR) is 105 cm³/mol. The predicted octanol–water partition coefficient (Wildman–Crippen LogP) is 4.11. The molecule has 0 aliphatic carbocycles. The van der Waals surface area contributed by atoms with Crippen LogP contribution in [0.4, 0.5) is 11.5 Å². The lowest BCUT2D eigenvalue weighted by Gasteiger charge is -2.11. The number of benzene rings is 1. The van der Waals surface area contributed by atoms with Gasteiger partial charge in [0, 0.05) is 23.9 Å². The number of unbranched alkanes of at least 4 members (excludes halogenated alkanes) is 3. The number of anilines is 2. The molecule has 1 amide bonds. The zero-order chi connectivity index (χ0) is 18.9. The van der Waals surface area contributed by atoms with Crippen LogP contribution in [0, 0.1) is 26.2 Å². The molecule has 0 unspecified atom stereocenters. The topological polar surface area (TPSA) is 77.2 Å². The van der Waals surface area contributed by atoms with Crippen molar-refractivity contribution in [2.24, 2.45) is 0 Å². The van der Waals surface area contributed by atoms with Crippen molar-refractivity contribution >= 4 is 17.4 Å². The van der Waals surface area contributed by atoms with Crippen LogP contribution < -0.4 is 15.8 Å². The van der Waals surface area contributed by atoms with E-state index in [1.54, 1.807) is 12.1 Å². The average molecular weight is 351 g/mol. The molecule has 5 nitrogen and oxygen atoms in total. The molecule has 0 saturated carbocycles. The highest BCUT2D eigenvalue weighted by Gasteiger charge is 2.13. The third-order valence-corrected chi connectivity index (χ3v) is 4.07. The number of terminal acetylenes is 1. The van der Waals surface area contributed by atoms with E-state index in [-0.39, 0.29) is 11.7 Å². The maximum atomic E-state index is 12.5. The van der Waals surface area contributed by atoms with E-state index >= 15 is 0 Å². The Bertz CT molecular complexity index is 809. The van der Waals surface area contributed by atoms with E-state index < -0.39 is 0 Å². The van der Waals surface area contributed by atoms with Crippen LogP contribution in [-0.4, -0.2) is 17.5 Å². The van der Waals surface area contributed by atoms with Gasteiger partial charge in [-0.25, -0.2) is 4.98 Å². The second-order valence-corrected chi connectivity index (χ2v) is 6.17. The van der Waals surface area contributed by atoms with Gasteiger partial charge in [0.05, 0.1) is 12.2 Å². The molecule has 0 radical (unpaired) electrons. The number of carbonyl (C=O) groups excluding carboxylic acids is 1. The van der Waals surface area contributed by atoms with Crippen LogP contribution in [0.5, 0.6) is 5.75 Å². The third-order valence-electron chi connectivity index (χ3n) is 4.07. The first kappa shape index (κ1) is 19.3. The maximum absolute atomic E-state index is 12.5. The summed E-state index contributed by atoms with van der Waals surface area (Å²) in [6.07, 6.45) is 9.04.